The SMILES string of the molecule is CCC(=O)N1CC2(C1)C(=O)N(CC1CCC(NC(=O)c3cc(Cl)cnc3C(F)F)CC1)c1cc(F)ccc12. The van der Waals surface area contributed by atoms with E-state index in [4.69, 9.17) is 11.6 Å². The fraction of sp³-hybridized carbons (Fsp3) is 0.481. The summed E-state index contributed by atoms with van der Waals surface area (Å²) in [7, 11) is 0. The molecule has 1 saturated carbocycles. The average molecular weight is 549 g/mol. The first kappa shape index (κ1) is 26.5. The van der Waals surface area contributed by atoms with Crippen LogP contribution in [0.4, 0.5) is 18.9 Å². The summed E-state index contributed by atoms with van der Waals surface area (Å²) < 4.78 is 40.8. The van der Waals surface area contributed by atoms with Crippen molar-refractivity contribution in [2.45, 2.75) is 56.9 Å². The van der Waals surface area contributed by atoms with Crippen LogP contribution in [0, 0.1) is 11.7 Å². The van der Waals surface area contributed by atoms with Crippen LogP contribution in [-0.4, -0.2) is 53.3 Å². The summed E-state index contributed by atoms with van der Waals surface area (Å²) in [5.74, 6) is -1.07. The molecule has 1 N–H and O–H groups in total. The van der Waals surface area contributed by atoms with Crippen LogP contribution in [0.5, 0.6) is 0 Å². The zero-order chi connectivity index (χ0) is 27.2. The number of pyridine rings is 1. The molecule has 0 bridgehead atoms. The molecular formula is C27H28ClF3N4O3. The first-order valence-corrected chi connectivity index (χ1v) is 13.1. The number of anilines is 1. The highest BCUT2D eigenvalue weighted by molar-refractivity contribution is 6.30. The van der Waals surface area contributed by atoms with Crippen LogP contribution in [0.25, 0.3) is 0 Å². The lowest BCUT2D eigenvalue weighted by atomic mass is 9.74. The zero-order valence-corrected chi connectivity index (χ0v) is 21.6. The zero-order valence-electron chi connectivity index (χ0n) is 20.9. The lowest BCUT2D eigenvalue weighted by molar-refractivity contribution is -0.143. The Bertz CT molecular complexity index is 1280. The smallest absolute Gasteiger partial charge is 0.281 e. The van der Waals surface area contributed by atoms with Gasteiger partial charge in [0.2, 0.25) is 11.8 Å². The topological polar surface area (TPSA) is 82.6 Å². The van der Waals surface area contributed by atoms with E-state index in [9.17, 15) is 27.6 Å². The van der Waals surface area contributed by atoms with Crippen LogP contribution in [0.2, 0.25) is 5.02 Å². The molecule has 0 atom stereocenters. The van der Waals surface area contributed by atoms with E-state index in [-0.39, 0.29) is 34.4 Å². The molecule has 1 aliphatic carbocycles. The van der Waals surface area contributed by atoms with E-state index < -0.39 is 29.3 Å². The highest BCUT2D eigenvalue weighted by Crippen LogP contribution is 2.48. The molecule has 2 aromatic rings. The predicted molar refractivity (Wildman–Crippen MR) is 135 cm³/mol. The van der Waals surface area contributed by atoms with Crippen molar-refractivity contribution < 1.29 is 27.6 Å². The van der Waals surface area contributed by atoms with E-state index >= 15 is 0 Å². The van der Waals surface area contributed by atoms with Crippen molar-refractivity contribution in [2.24, 2.45) is 5.92 Å². The fourth-order valence-electron chi connectivity index (χ4n) is 5.92. The number of nitrogens with one attached hydrogen (secondary N) is 1. The Labute approximate surface area is 223 Å². The minimum atomic E-state index is -2.90. The summed E-state index contributed by atoms with van der Waals surface area (Å²) >= 11 is 5.87. The molecular weight excluding hydrogens is 521 g/mol. The average Bonchev–Trinajstić information content (AvgIpc) is 3.10. The van der Waals surface area contributed by atoms with Gasteiger partial charge in [0.05, 0.1) is 16.3 Å². The number of rotatable bonds is 6. The van der Waals surface area contributed by atoms with E-state index in [0.717, 1.165) is 11.8 Å². The number of hydrogen-bond acceptors (Lipinski definition) is 4. The lowest BCUT2D eigenvalue weighted by Gasteiger charge is -2.47. The Morgan fingerprint density at radius 1 is 1.18 bits per heavy atom. The third-order valence-corrected chi connectivity index (χ3v) is 8.16. The van der Waals surface area contributed by atoms with Crippen LogP contribution in [0.1, 0.15) is 67.1 Å². The monoisotopic (exact) mass is 548 g/mol. The number of halogens is 4. The number of alkyl halides is 2. The van der Waals surface area contributed by atoms with E-state index in [0.29, 0.717) is 57.4 Å². The third kappa shape index (κ3) is 4.63. The second-order valence-corrected chi connectivity index (χ2v) is 10.8. The lowest BCUT2D eigenvalue weighted by Crippen LogP contribution is -2.65. The van der Waals surface area contributed by atoms with Gasteiger partial charge in [-0.05, 0) is 55.4 Å². The van der Waals surface area contributed by atoms with Gasteiger partial charge in [-0.25, -0.2) is 13.2 Å². The number of carbonyl (C=O) groups excluding carboxylic acids is 3. The van der Waals surface area contributed by atoms with Gasteiger partial charge in [0, 0.05) is 38.3 Å². The highest BCUT2D eigenvalue weighted by Gasteiger charge is 2.59. The molecule has 202 valence electrons. The van der Waals surface area contributed by atoms with Gasteiger partial charge in [-0.1, -0.05) is 24.6 Å². The highest BCUT2D eigenvalue weighted by atomic mass is 35.5. The van der Waals surface area contributed by atoms with E-state index in [1.165, 1.54) is 18.2 Å². The number of aromatic nitrogens is 1. The van der Waals surface area contributed by atoms with Crippen molar-refractivity contribution in [3.8, 4) is 0 Å². The number of carbonyl (C=O) groups is 3. The van der Waals surface area contributed by atoms with Gasteiger partial charge in [0.25, 0.3) is 12.3 Å². The number of amides is 3. The minimum Gasteiger partial charge on any atom is -0.349 e. The molecule has 3 aliphatic rings. The number of hydrogen-bond donors (Lipinski definition) is 1. The largest absolute Gasteiger partial charge is 0.349 e. The Balaban J connectivity index is 1.23. The maximum atomic E-state index is 14.2. The van der Waals surface area contributed by atoms with Crippen molar-refractivity contribution in [3.63, 3.8) is 0 Å². The van der Waals surface area contributed by atoms with E-state index in [2.05, 4.69) is 10.3 Å². The Hall–Kier alpha value is -3.14. The second kappa shape index (κ2) is 10.2. The third-order valence-electron chi connectivity index (χ3n) is 7.96. The molecule has 3 heterocycles. The molecule has 0 radical (unpaired) electrons. The summed E-state index contributed by atoms with van der Waals surface area (Å²) in [5, 5.41) is 2.92. The molecule has 7 nitrogen and oxygen atoms in total. The molecule has 1 saturated heterocycles. The molecule has 11 heteroatoms. The normalized spacial score (nSPS) is 22.0. The first-order chi connectivity index (χ1) is 18.1. The molecule has 2 fully saturated rings. The van der Waals surface area contributed by atoms with Crippen LogP contribution in [0.3, 0.4) is 0 Å². The molecule has 0 unspecified atom stereocenters. The molecule has 1 aromatic carbocycles. The molecule has 3 amide bonds. The molecule has 1 spiro atoms. The molecule has 38 heavy (non-hydrogen) atoms. The van der Waals surface area contributed by atoms with Gasteiger partial charge in [-0.3, -0.25) is 19.4 Å². The minimum absolute atomic E-state index is 0.0138. The van der Waals surface area contributed by atoms with Crippen molar-refractivity contribution in [3.05, 3.63) is 58.1 Å². The van der Waals surface area contributed by atoms with Gasteiger partial charge in [0.15, 0.2) is 0 Å². The quantitative estimate of drug-likeness (QED) is 0.570. The number of fused-ring (bicyclic) bond motifs is 2. The summed E-state index contributed by atoms with van der Waals surface area (Å²) in [6.07, 6.45) is 1.15. The van der Waals surface area contributed by atoms with Crippen LogP contribution < -0.4 is 10.2 Å². The van der Waals surface area contributed by atoms with Crippen molar-refractivity contribution in [1.29, 1.82) is 0 Å². The summed E-state index contributed by atoms with van der Waals surface area (Å²) in [6.45, 7) is 2.78. The summed E-state index contributed by atoms with van der Waals surface area (Å²) in [4.78, 5) is 45.4. The van der Waals surface area contributed by atoms with Crippen LogP contribution in [0.15, 0.2) is 30.5 Å². The summed E-state index contributed by atoms with van der Waals surface area (Å²) in [5.41, 5.74) is -0.357. The Kier molecular flexibility index (Phi) is 7.11. The molecule has 2 aliphatic heterocycles. The first-order valence-electron chi connectivity index (χ1n) is 12.8. The maximum Gasteiger partial charge on any atom is 0.281 e. The fourth-order valence-corrected chi connectivity index (χ4v) is 6.08. The van der Waals surface area contributed by atoms with Crippen molar-refractivity contribution in [1.82, 2.24) is 15.2 Å². The van der Waals surface area contributed by atoms with E-state index in [1.54, 1.807) is 22.8 Å². The van der Waals surface area contributed by atoms with Gasteiger partial charge >= 0.3 is 0 Å². The number of benzene rings is 1. The predicted octanol–water partition coefficient (Wildman–Crippen LogP) is 4.64. The van der Waals surface area contributed by atoms with Gasteiger partial charge in [-0.2, -0.15) is 0 Å². The maximum absolute atomic E-state index is 14.2. The number of likely N-dealkylation sites (tertiary alicyclic amines) is 1. The number of nitrogens with zero attached hydrogens (tertiary/aromatic N) is 3. The van der Waals surface area contributed by atoms with Gasteiger partial charge in [0.1, 0.15) is 16.9 Å². The Morgan fingerprint density at radius 2 is 1.89 bits per heavy atom. The van der Waals surface area contributed by atoms with Crippen molar-refractivity contribution in [2.75, 3.05) is 24.5 Å². The standard InChI is InChI=1S/C27H28ClF3N4O3/c1-2-22(36)34-13-27(14-34)20-8-5-17(29)10-21(20)35(26(27)38)12-15-3-6-18(7-4-15)33-25(37)19-9-16(28)11-32-23(19)24(30)31/h5,8-11,15,18,24H,2-4,6-7,12-14H2,1H3,(H,33,37). The second-order valence-electron chi connectivity index (χ2n) is 10.3. The van der Waals surface area contributed by atoms with Crippen LogP contribution >= 0.6 is 11.6 Å². The van der Waals surface area contributed by atoms with Gasteiger partial charge in [-0.15, -0.1) is 0 Å². The molecule has 5 rings (SSSR count). The van der Waals surface area contributed by atoms with Gasteiger partial charge < -0.3 is 15.1 Å². The van der Waals surface area contributed by atoms with Crippen molar-refractivity contribution >= 4 is 35.0 Å². The summed E-state index contributed by atoms with van der Waals surface area (Å²) in [6, 6.07) is 5.37. The molecule has 1 aromatic heterocycles. The Morgan fingerprint density at radius 3 is 2.55 bits per heavy atom. The van der Waals surface area contributed by atoms with E-state index in [1.807, 2.05) is 0 Å². The van der Waals surface area contributed by atoms with Crippen LogP contribution in [-0.2, 0) is 15.0 Å².